The van der Waals surface area contributed by atoms with Gasteiger partial charge in [-0.3, -0.25) is 4.79 Å². The SMILES string of the molecule is CC(C)Oc1ccccc1NC(=O)N1CCCC(N2CCCC2=O)C1. The molecule has 3 amide bonds. The molecule has 0 bridgehead atoms. The van der Waals surface area contributed by atoms with E-state index in [-0.39, 0.29) is 24.1 Å². The maximum atomic E-state index is 12.7. The maximum absolute atomic E-state index is 12.7. The lowest BCUT2D eigenvalue weighted by atomic mass is 10.0. The number of hydrogen-bond acceptors (Lipinski definition) is 3. The van der Waals surface area contributed by atoms with Crippen LogP contribution in [0, 0.1) is 0 Å². The van der Waals surface area contributed by atoms with Crippen molar-refractivity contribution < 1.29 is 14.3 Å². The topological polar surface area (TPSA) is 61.9 Å². The smallest absolute Gasteiger partial charge is 0.322 e. The predicted molar refractivity (Wildman–Crippen MR) is 96.8 cm³/mol. The Morgan fingerprint density at radius 3 is 2.76 bits per heavy atom. The predicted octanol–water partition coefficient (Wildman–Crippen LogP) is 3.09. The zero-order chi connectivity index (χ0) is 17.8. The fourth-order valence-corrected chi connectivity index (χ4v) is 3.57. The Hall–Kier alpha value is -2.24. The Bertz CT molecular complexity index is 632. The number of rotatable bonds is 4. The summed E-state index contributed by atoms with van der Waals surface area (Å²) < 4.78 is 5.76. The summed E-state index contributed by atoms with van der Waals surface area (Å²) in [5.74, 6) is 0.900. The van der Waals surface area contributed by atoms with Crippen LogP contribution >= 0.6 is 0 Å². The van der Waals surface area contributed by atoms with Crippen molar-refractivity contribution in [3.63, 3.8) is 0 Å². The lowest BCUT2D eigenvalue weighted by Crippen LogP contribution is -2.51. The lowest BCUT2D eigenvalue weighted by Gasteiger charge is -2.37. The molecule has 0 spiro atoms. The summed E-state index contributed by atoms with van der Waals surface area (Å²) in [6, 6.07) is 7.50. The number of para-hydroxylation sites is 2. The molecule has 0 radical (unpaired) electrons. The molecule has 0 aromatic heterocycles. The fourth-order valence-electron chi connectivity index (χ4n) is 3.57. The van der Waals surface area contributed by atoms with Crippen LogP contribution in [0.3, 0.4) is 0 Å². The standard InChI is InChI=1S/C19H27N3O3/c1-14(2)25-17-9-4-3-8-16(17)20-19(24)21-11-5-7-15(13-21)22-12-6-10-18(22)23/h3-4,8-9,14-15H,5-7,10-13H2,1-2H3,(H,20,24). The molecule has 2 heterocycles. The fraction of sp³-hybridized carbons (Fsp3) is 0.579. The summed E-state index contributed by atoms with van der Waals surface area (Å²) in [6.45, 7) is 6.06. The van der Waals surface area contributed by atoms with Gasteiger partial charge in [-0.25, -0.2) is 4.79 Å². The number of nitrogens with one attached hydrogen (secondary N) is 1. The molecule has 2 aliphatic heterocycles. The van der Waals surface area contributed by atoms with Gasteiger partial charge in [0.2, 0.25) is 5.91 Å². The van der Waals surface area contributed by atoms with E-state index >= 15 is 0 Å². The van der Waals surface area contributed by atoms with Crippen LogP contribution in [0.5, 0.6) is 5.75 Å². The van der Waals surface area contributed by atoms with Crippen LogP contribution in [0.15, 0.2) is 24.3 Å². The van der Waals surface area contributed by atoms with E-state index < -0.39 is 0 Å². The Morgan fingerprint density at radius 2 is 2.04 bits per heavy atom. The molecule has 6 nitrogen and oxygen atoms in total. The summed E-state index contributed by atoms with van der Waals surface area (Å²) in [5, 5.41) is 2.97. The van der Waals surface area contributed by atoms with Crippen molar-refractivity contribution in [3.05, 3.63) is 24.3 Å². The van der Waals surface area contributed by atoms with E-state index in [0.29, 0.717) is 24.4 Å². The van der Waals surface area contributed by atoms with E-state index in [1.165, 1.54) is 0 Å². The van der Waals surface area contributed by atoms with E-state index in [1.807, 2.05) is 47.9 Å². The molecule has 3 rings (SSSR count). The van der Waals surface area contributed by atoms with Crippen LogP contribution in [0.4, 0.5) is 10.5 Å². The number of carbonyl (C=O) groups excluding carboxylic acids is 2. The van der Waals surface area contributed by atoms with Gasteiger partial charge < -0.3 is 19.9 Å². The third-order valence-corrected chi connectivity index (χ3v) is 4.73. The molecule has 25 heavy (non-hydrogen) atoms. The Balaban J connectivity index is 1.64. The second-order valence-electron chi connectivity index (χ2n) is 7.03. The quantitative estimate of drug-likeness (QED) is 0.912. The molecular weight excluding hydrogens is 318 g/mol. The van der Waals surface area contributed by atoms with Crippen molar-refractivity contribution >= 4 is 17.6 Å². The van der Waals surface area contributed by atoms with Gasteiger partial charge in [0.15, 0.2) is 0 Å². The normalized spacial score (nSPS) is 20.9. The van der Waals surface area contributed by atoms with Crippen molar-refractivity contribution in [1.29, 1.82) is 0 Å². The number of likely N-dealkylation sites (tertiary alicyclic amines) is 2. The molecule has 1 atom stereocenters. The van der Waals surface area contributed by atoms with Gasteiger partial charge in [-0.15, -0.1) is 0 Å². The van der Waals surface area contributed by atoms with Crippen LogP contribution < -0.4 is 10.1 Å². The summed E-state index contributed by atoms with van der Waals surface area (Å²) in [6.07, 6.45) is 3.51. The van der Waals surface area contributed by atoms with Crippen molar-refractivity contribution in [3.8, 4) is 5.75 Å². The van der Waals surface area contributed by atoms with Crippen molar-refractivity contribution in [2.75, 3.05) is 25.0 Å². The number of nitrogens with zero attached hydrogens (tertiary/aromatic N) is 2. The van der Waals surface area contributed by atoms with Crippen LogP contribution in [-0.4, -0.2) is 53.5 Å². The molecule has 1 unspecified atom stereocenters. The second kappa shape index (κ2) is 7.76. The molecule has 1 N–H and O–H groups in total. The van der Waals surface area contributed by atoms with Gasteiger partial charge in [-0.05, 0) is 45.2 Å². The molecule has 1 aromatic carbocycles. The molecule has 6 heteroatoms. The number of hydrogen-bond donors (Lipinski definition) is 1. The van der Waals surface area contributed by atoms with Gasteiger partial charge in [-0.2, -0.15) is 0 Å². The van der Waals surface area contributed by atoms with Crippen LogP contribution in [0.1, 0.15) is 39.5 Å². The molecule has 0 saturated carbocycles. The van der Waals surface area contributed by atoms with E-state index in [1.54, 1.807) is 0 Å². The average molecular weight is 345 g/mol. The zero-order valence-electron chi connectivity index (χ0n) is 15.0. The third kappa shape index (κ3) is 4.24. The molecule has 2 saturated heterocycles. The monoisotopic (exact) mass is 345 g/mol. The van der Waals surface area contributed by atoms with E-state index in [4.69, 9.17) is 4.74 Å². The van der Waals surface area contributed by atoms with Gasteiger partial charge in [0.25, 0.3) is 0 Å². The highest BCUT2D eigenvalue weighted by atomic mass is 16.5. The zero-order valence-corrected chi connectivity index (χ0v) is 15.0. The largest absolute Gasteiger partial charge is 0.489 e. The van der Waals surface area contributed by atoms with E-state index in [9.17, 15) is 9.59 Å². The minimum atomic E-state index is -0.129. The number of urea groups is 1. The van der Waals surface area contributed by atoms with Gasteiger partial charge in [0.05, 0.1) is 11.8 Å². The van der Waals surface area contributed by atoms with Gasteiger partial charge >= 0.3 is 6.03 Å². The molecule has 2 fully saturated rings. The first-order chi connectivity index (χ1) is 12.0. The molecule has 0 aliphatic carbocycles. The first kappa shape index (κ1) is 17.6. The van der Waals surface area contributed by atoms with Crippen molar-refractivity contribution in [2.45, 2.75) is 51.7 Å². The Labute approximate surface area is 149 Å². The first-order valence-electron chi connectivity index (χ1n) is 9.15. The van der Waals surface area contributed by atoms with Crippen LogP contribution in [0.25, 0.3) is 0 Å². The molecule has 1 aromatic rings. The van der Waals surface area contributed by atoms with Gasteiger partial charge in [0, 0.05) is 32.1 Å². The molecular formula is C19H27N3O3. The third-order valence-electron chi connectivity index (χ3n) is 4.73. The van der Waals surface area contributed by atoms with Crippen molar-refractivity contribution in [2.24, 2.45) is 0 Å². The minimum Gasteiger partial charge on any atom is -0.489 e. The number of piperidine rings is 1. The maximum Gasteiger partial charge on any atom is 0.322 e. The summed E-state index contributed by atoms with van der Waals surface area (Å²) in [5.41, 5.74) is 0.681. The number of amides is 3. The lowest BCUT2D eigenvalue weighted by molar-refractivity contribution is -0.130. The molecule has 136 valence electrons. The Morgan fingerprint density at radius 1 is 1.24 bits per heavy atom. The van der Waals surface area contributed by atoms with Crippen molar-refractivity contribution in [1.82, 2.24) is 9.80 Å². The first-order valence-corrected chi connectivity index (χ1v) is 9.15. The number of carbonyl (C=O) groups is 2. The minimum absolute atomic E-state index is 0.0404. The summed E-state index contributed by atoms with van der Waals surface area (Å²) in [7, 11) is 0. The molecule has 2 aliphatic rings. The highest BCUT2D eigenvalue weighted by Gasteiger charge is 2.32. The second-order valence-corrected chi connectivity index (χ2v) is 7.03. The number of benzene rings is 1. The number of anilines is 1. The van der Waals surface area contributed by atoms with E-state index in [2.05, 4.69) is 5.32 Å². The van der Waals surface area contributed by atoms with Crippen LogP contribution in [-0.2, 0) is 4.79 Å². The van der Waals surface area contributed by atoms with Crippen LogP contribution in [0.2, 0.25) is 0 Å². The van der Waals surface area contributed by atoms with Gasteiger partial charge in [-0.1, -0.05) is 12.1 Å². The number of ether oxygens (including phenoxy) is 1. The summed E-state index contributed by atoms with van der Waals surface area (Å²) in [4.78, 5) is 28.4. The van der Waals surface area contributed by atoms with Gasteiger partial charge in [0.1, 0.15) is 5.75 Å². The highest BCUT2D eigenvalue weighted by molar-refractivity contribution is 5.91. The Kier molecular flexibility index (Phi) is 5.46. The summed E-state index contributed by atoms with van der Waals surface area (Å²) >= 11 is 0. The highest BCUT2D eigenvalue weighted by Crippen LogP contribution is 2.26. The average Bonchev–Trinajstić information content (AvgIpc) is 3.02. The van der Waals surface area contributed by atoms with E-state index in [0.717, 1.165) is 32.4 Å².